The molecule has 0 amide bonds. The Morgan fingerprint density at radius 2 is 1.73 bits per heavy atom. The number of nitrogens with zero attached hydrogens (tertiary/aromatic N) is 2. The number of hydrogen-bond donors (Lipinski definition) is 2. The standard InChI is InChI=1S/C20H21FN4O/c1-13(2)15-5-9-17(10-6-15)26-20-18(22)19(24-12-25-20)23-11-14-3-7-16(21)8-4-14/h3-10,12-13H,11,22H2,1-2H3,(H,23,24,25). The Balaban J connectivity index is 1.71. The van der Waals surface area contributed by atoms with Crippen molar-refractivity contribution in [1.82, 2.24) is 9.97 Å². The summed E-state index contributed by atoms with van der Waals surface area (Å²) in [6.07, 6.45) is 1.39. The summed E-state index contributed by atoms with van der Waals surface area (Å²) in [6.45, 7) is 4.73. The molecule has 3 aromatic rings. The Hall–Kier alpha value is -3.15. The molecule has 0 saturated heterocycles. The molecule has 0 atom stereocenters. The van der Waals surface area contributed by atoms with Crippen molar-refractivity contribution in [2.45, 2.75) is 26.3 Å². The fourth-order valence-electron chi connectivity index (χ4n) is 2.42. The van der Waals surface area contributed by atoms with E-state index in [0.717, 1.165) is 5.56 Å². The molecule has 2 aromatic carbocycles. The van der Waals surface area contributed by atoms with Gasteiger partial charge in [-0.3, -0.25) is 0 Å². The highest BCUT2D eigenvalue weighted by molar-refractivity contribution is 5.67. The first-order valence-corrected chi connectivity index (χ1v) is 8.39. The Bertz CT molecular complexity index is 864. The van der Waals surface area contributed by atoms with Gasteiger partial charge in [-0.25, -0.2) is 9.37 Å². The van der Waals surface area contributed by atoms with Gasteiger partial charge in [0.15, 0.2) is 5.82 Å². The van der Waals surface area contributed by atoms with Gasteiger partial charge in [0, 0.05) is 6.54 Å². The Morgan fingerprint density at radius 3 is 2.38 bits per heavy atom. The third kappa shape index (κ3) is 4.27. The van der Waals surface area contributed by atoms with Gasteiger partial charge in [0.05, 0.1) is 0 Å². The number of ether oxygens (including phenoxy) is 1. The van der Waals surface area contributed by atoms with E-state index in [4.69, 9.17) is 10.5 Å². The van der Waals surface area contributed by atoms with Crippen molar-refractivity contribution in [1.29, 1.82) is 0 Å². The molecule has 1 aromatic heterocycles. The van der Waals surface area contributed by atoms with Crippen molar-refractivity contribution < 1.29 is 9.13 Å². The normalized spacial score (nSPS) is 10.8. The van der Waals surface area contributed by atoms with E-state index in [-0.39, 0.29) is 5.82 Å². The van der Waals surface area contributed by atoms with Crippen LogP contribution in [0.4, 0.5) is 15.9 Å². The molecule has 26 heavy (non-hydrogen) atoms. The van der Waals surface area contributed by atoms with Gasteiger partial charge in [-0.05, 0) is 41.3 Å². The molecule has 5 nitrogen and oxygen atoms in total. The van der Waals surface area contributed by atoms with Crippen molar-refractivity contribution in [2.24, 2.45) is 0 Å². The molecule has 0 bridgehead atoms. The maximum absolute atomic E-state index is 13.0. The van der Waals surface area contributed by atoms with E-state index in [9.17, 15) is 4.39 Å². The summed E-state index contributed by atoms with van der Waals surface area (Å²) in [5.74, 6) is 1.60. The quantitative estimate of drug-likeness (QED) is 0.671. The van der Waals surface area contributed by atoms with Crippen LogP contribution in [0.5, 0.6) is 11.6 Å². The first-order valence-electron chi connectivity index (χ1n) is 8.39. The molecule has 0 fully saturated rings. The van der Waals surface area contributed by atoms with Crippen LogP contribution in [0.15, 0.2) is 54.9 Å². The summed E-state index contributed by atoms with van der Waals surface area (Å²) in [7, 11) is 0. The SMILES string of the molecule is CC(C)c1ccc(Oc2ncnc(NCc3ccc(F)cc3)c2N)cc1. The van der Waals surface area contributed by atoms with E-state index in [1.807, 2.05) is 24.3 Å². The largest absolute Gasteiger partial charge is 0.437 e. The van der Waals surface area contributed by atoms with E-state index in [1.165, 1.54) is 24.0 Å². The van der Waals surface area contributed by atoms with Crippen molar-refractivity contribution in [3.8, 4) is 11.6 Å². The minimum Gasteiger partial charge on any atom is -0.437 e. The molecule has 0 unspecified atom stereocenters. The molecule has 3 N–H and O–H groups in total. The van der Waals surface area contributed by atoms with Gasteiger partial charge in [-0.1, -0.05) is 38.1 Å². The van der Waals surface area contributed by atoms with Gasteiger partial charge in [0.25, 0.3) is 0 Å². The first-order chi connectivity index (χ1) is 12.5. The lowest BCUT2D eigenvalue weighted by Gasteiger charge is -2.12. The first kappa shape index (κ1) is 17.7. The Labute approximate surface area is 152 Å². The van der Waals surface area contributed by atoms with Crippen LogP contribution in [0.2, 0.25) is 0 Å². The number of rotatable bonds is 6. The van der Waals surface area contributed by atoms with Crippen LogP contribution < -0.4 is 15.8 Å². The van der Waals surface area contributed by atoms with Gasteiger partial charge in [0.1, 0.15) is 23.6 Å². The zero-order chi connectivity index (χ0) is 18.5. The summed E-state index contributed by atoms with van der Waals surface area (Å²) in [5, 5.41) is 3.12. The van der Waals surface area contributed by atoms with Crippen LogP contribution in [0.1, 0.15) is 30.9 Å². The van der Waals surface area contributed by atoms with Gasteiger partial charge in [-0.2, -0.15) is 4.98 Å². The second-order valence-electron chi connectivity index (χ2n) is 6.25. The molecule has 0 saturated carbocycles. The molecule has 1 heterocycles. The lowest BCUT2D eigenvalue weighted by atomic mass is 10.0. The van der Waals surface area contributed by atoms with E-state index < -0.39 is 0 Å². The third-order valence-corrected chi connectivity index (χ3v) is 3.98. The zero-order valence-electron chi connectivity index (χ0n) is 14.7. The topological polar surface area (TPSA) is 73.1 Å². The van der Waals surface area contributed by atoms with Crippen LogP contribution >= 0.6 is 0 Å². The van der Waals surface area contributed by atoms with E-state index in [1.54, 1.807) is 12.1 Å². The van der Waals surface area contributed by atoms with E-state index in [0.29, 0.717) is 35.6 Å². The van der Waals surface area contributed by atoms with Crippen LogP contribution in [0, 0.1) is 5.82 Å². The highest BCUT2D eigenvalue weighted by atomic mass is 19.1. The number of anilines is 2. The number of nitrogen functional groups attached to an aromatic ring is 1. The smallest absolute Gasteiger partial charge is 0.248 e. The fourth-order valence-corrected chi connectivity index (χ4v) is 2.42. The molecular formula is C20H21FN4O. The molecule has 0 radical (unpaired) electrons. The van der Waals surface area contributed by atoms with Crippen molar-refractivity contribution in [2.75, 3.05) is 11.1 Å². The second kappa shape index (κ2) is 7.82. The maximum Gasteiger partial charge on any atom is 0.248 e. The van der Waals surface area contributed by atoms with Gasteiger partial charge in [0.2, 0.25) is 5.88 Å². The number of halogens is 1. The second-order valence-corrected chi connectivity index (χ2v) is 6.25. The summed E-state index contributed by atoms with van der Waals surface area (Å²) in [4.78, 5) is 8.26. The highest BCUT2D eigenvalue weighted by Crippen LogP contribution is 2.30. The molecule has 3 rings (SSSR count). The molecular weight excluding hydrogens is 331 g/mol. The average molecular weight is 352 g/mol. The molecule has 0 aliphatic rings. The monoisotopic (exact) mass is 352 g/mol. The lowest BCUT2D eigenvalue weighted by Crippen LogP contribution is -2.06. The molecule has 0 aliphatic carbocycles. The lowest BCUT2D eigenvalue weighted by molar-refractivity contribution is 0.464. The van der Waals surface area contributed by atoms with Crippen molar-refractivity contribution in [3.63, 3.8) is 0 Å². The van der Waals surface area contributed by atoms with Crippen LogP contribution in [-0.4, -0.2) is 9.97 Å². The molecule has 134 valence electrons. The summed E-state index contributed by atoms with van der Waals surface area (Å²) in [6, 6.07) is 14.0. The number of nitrogens with one attached hydrogen (secondary N) is 1. The van der Waals surface area contributed by atoms with Gasteiger partial charge < -0.3 is 15.8 Å². The molecule has 6 heteroatoms. The fraction of sp³-hybridized carbons (Fsp3) is 0.200. The van der Waals surface area contributed by atoms with E-state index >= 15 is 0 Å². The van der Waals surface area contributed by atoms with Gasteiger partial charge in [-0.15, -0.1) is 0 Å². The molecule has 0 spiro atoms. The predicted octanol–water partition coefficient (Wildman–Crippen LogP) is 4.73. The number of aromatic nitrogens is 2. The minimum absolute atomic E-state index is 0.269. The highest BCUT2D eigenvalue weighted by Gasteiger charge is 2.10. The van der Waals surface area contributed by atoms with Crippen molar-refractivity contribution in [3.05, 3.63) is 71.8 Å². The third-order valence-electron chi connectivity index (χ3n) is 3.98. The minimum atomic E-state index is -0.269. The Kier molecular flexibility index (Phi) is 5.31. The summed E-state index contributed by atoms with van der Waals surface area (Å²) < 4.78 is 18.8. The molecule has 0 aliphatic heterocycles. The Morgan fingerprint density at radius 1 is 1.04 bits per heavy atom. The number of benzene rings is 2. The van der Waals surface area contributed by atoms with Crippen LogP contribution in [-0.2, 0) is 6.54 Å². The van der Waals surface area contributed by atoms with Crippen molar-refractivity contribution >= 4 is 11.5 Å². The van der Waals surface area contributed by atoms with E-state index in [2.05, 4.69) is 29.1 Å². The number of hydrogen-bond acceptors (Lipinski definition) is 5. The van der Waals surface area contributed by atoms with Crippen LogP contribution in [0.3, 0.4) is 0 Å². The number of nitrogens with two attached hydrogens (primary N) is 1. The average Bonchev–Trinajstić information content (AvgIpc) is 2.64. The summed E-state index contributed by atoms with van der Waals surface area (Å²) >= 11 is 0. The van der Waals surface area contributed by atoms with Crippen LogP contribution in [0.25, 0.3) is 0 Å². The van der Waals surface area contributed by atoms with Gasteiger partial charge >= 0.3 is 0 Å². The summed E-state index contributed by atoms with van der Waals surface area (Å²) in [5.41, 5.74) is 8.59. The predicted molar refractivity (Wildman–Crippen MR) is 101 cm³/mol. The maximum atomic E-state index is 13.0. The zero-order valence-corrected chi connectivity index (χ0v) is 14.7.